The van der Waals surface area contributed by atoms with Crippen molar-refractivity contribution in [3.8, 4) is 17.6 Å². The highest BCUT2D eigenvalue weighted by molar-refractivity contribution is 5.80. The van der Waals surface area contributed by atoms with E-state index in [0.717, 1.165) is 34.4 Å². The molecule has 0 radical (unpaired) electrons. The molecule has 0 saturated carbocycles. The van der Waals surface area contributed by atoms with E-state index >= 15 is 0 Å². The third-order valence-electron chi connectivity index (χ3n) is 6.64. The SMILES string of the molecule is CC#CC1=C/C(c2ccc3c(c2)C2(COC(N)=N2)C2(COC2)C(CC)O3)=C\C=C\C=C1. The second-order valence-electron chi connectivity index (χ2n) is 8.31. The Kier molecular flexibility index (Phi) is 4.75. The van der Waals surface area contributed by atoms with Gasteiger partial charge in [-0.1, -0.05) is 43.2 Å². The molecule has 1 aromatic rings. The average Bonchev–Trinajstić information content (AvgIpc) is 3.10. The lowest BCUT2D eigenvalue weighted by atomic mass is 9.59. The Morgan fingerprint density at radius 2 is 2.06 bits per heavy atom. The normalized spacial score (nSPS) is 30.1. The molecule has 0 aromatic heterocycles. The van der Waals surface area contributed by atoms with Crippen molar-refractivity contribution in [2.75, 3.05) is 19.8 Å². The Balaban J connectivity index is 1.67. The van der Waals surface area contributed by atoms with Gasteiger partial charge in [0.05, 0.1) is 18.6 Å². The van der Waals surface area contributed by atoms with Crippen molar-refractivity contribution in [1.29, 1.82) is 0 Å². The van der Waals surface area contributed by atoms with Crippen LogP contribution in [0.4, 0.5) is 0 Å². The minimum atomic E-state index is -0.604. The molecular weight excluding hydrogens is 388 g/mol. The van der Waals surface area contributed by atoms with Crippen LogP contribution in [0, 0.1) is 17.3 Å². The number of rotatable bonds is 2. The average molecular weight is 415 g/mol. The molecule has 1 aromatic carbocycles. The van der Waals surface area contributed by atoms with E-state index in [4.69, 9.17) is 24.9 Å². The predicted octanol–water partition coefficient (Wildman–Crippen LogP) is 3.87. The van der Waals surface area contributed by atoms with Gasteiger partial charge in [0, 0.05) is 11.1 Å². The molecule has 2 spiro atoms. The lowest BCUT2D eigenvalue weighted by Crippen LogP contribution is -2.67. The van der Waals surface area contributed by atoms with Crippen LogP contribution in [0.25, 0.3) is 5.57 Å². The van der Waals surface area contributed by atoms with Crippen LogP contribution < -0.4 is 10.5 Å². The van der Waals surface area contributed by atoms with Gasteiger partial charge < -0.3 is 19.9 Å². The number of fused-ring (bicyclic) bond motifs is 3. The maximum Gasteiger partial charge on any atom is 0.283 e. The van der Waals surface area contributed by atoms with Gasteiger partial charge in [-0.2, -0.15) is 0 Å². The van der Waals surface area contributed by atoms with Crippen molar-refractivity contribution in [2.45, 2.75) is 31.9 Å². The van der Waals surface area contributed by atoms with E-state index in [9.17, 15) is 0 Å². The number of amidine groups is 1. The van der Waals surface area contributed by atoms with Crippen molar-refractivity contribution in [3.05, 3.63) is 71.4 Å². The first-order valence-electron chi connectivity index (χ1n) is 10.7. The Labute approximate surface area is 183 Å². The van der Waals surface area contributed by atoms with Crippen LogP contribution in [0.1, 0.15) is 31.4 Å². The predicted molar refractivity (Wildman–Crippen MR) is 121 cm³/mol. The maximum absolute atomic E-state index is 6.48. The van der Waals surface area contributed by atoms with Crippen molar-refractivity contribution >= 4 is 11.6 Å². The van der Waals surface area contributed by atoms with E-state index in [-0.39, 0.29) is 17.5 Å². The van der Waals surface area contributed by atoms with Crippen LogP contribution in [-0.2, 0) is 15.0 Å². The van der Waals surface area contributed by atoms with E-state index in [1.807, 2.05) is 37.3 Å². The lowest BCUT2D eigenvalue weighted by molar-refractivity contribution is -0.216. The van der Waals surface area contributed by atoms with Crippen molar-refractivity contribution < 1.29 is 14.2 Å². The highest BCUT2D eigenvalue weighted by Crippen LogP contribution is 2.59. The Bertz CT molecular complexity index is 1130. The molecule has 3 heterocycles. The van der Waals surface area contributed by atoms with Crippen LogP contribution >= 0.6 is 0 Å². The highest BCUT2D eigenvalue weighted by Gasteiger charge is 2.67. The van der Waals surface area contributed by atoms with Crippen LogP contribution in [-0.4, -0.2) is 31.9 Å². The third-order valence-corrected chi connectivity index (χ3v) is 6.64. The van der Waals surface area contributed by atoms with Crippen molar-refractivity contribution in [2.24, 2.45) is 16.1 Å². The summed E-state index contributed by atoms with van der Waals surface area (Å²) in [5, 5.41) is 0. The van der Waals surface area contributed by atoms with Gasteiger partial charge in [-0.3, -0.25) is 0 Å². The number of aliphatic imine (C=N–C) groups is 1. The number of hydrogen-bond donors (Lipinski definition) is 1. The van der Waals surface area contributed by atoms with Crippen molar-refractivity contribution in [1.82, 2.24) is 0 Å². The molecule has 5 nitrogen and oxygen atoms in total. The molecular formula is C26H26N2O3. The quantitative estimate of drug-likeness (QED) is 0.746. The minimum absolute atomic E-state index is 0.00199. The van der Waals surface area contributed by atoms with Gasteiger partial charge in [0.25, 0.3) is 6.02 Å². The lowest BCUT2D eigenvalue weighted by Gasteiger charge is -2.57. The van der Waals surface area contributed by atoms with Gasteiger partial charge >= 0.3 is 0 Å². The van der Waals surface area contributed by atoms with Gasteiger partial charge in [0.15, 0.2) is 0 Å². The molecule has 0 amide bonds. The fourth-order valence-electron chi connectivity index (χ4n) is 5.03. The summed E-state index contributed by atoms with van der Waals surface area (Å²) in [6, 6.07) is 6.54. The second-order valence-corrected chi connectivity index (χ2v) is 8.31. The molecule has 2 unspecified atom stereocenters. The number of benzene rings is 1. The van der Waals surface area contributed by atoms with Crippen LogP contribution in [0.15, 0.2) is 65.2 Å². The topological polar surface area (TPSA) is 66.1 Å². The Hall–Kier alpha value is -3.23. The Morgan fingerprint density at radius 1 is 1.19 bits per heavy atom. The van der Waals surface area contributed by atoms with Crippen molar-refractivity contribution in [3.63, 3.8) is 0 Å². The second kappa shape index (κ2) is 7.47. The number of ether oxygens (including phenoxy) is 3. The molecule has 1 saturated heterocycles. The molecule has 31 heavy (non-hydrogen) atoms. The number of nitrogens with two attached hydrogens (primary N) is 1. The summed E-state index contributed by atoms with van der Waals surface area (Å²) in [7, 11) is 0. The van der Waals surface area contributed by atoms with Crippen LogP contribution in [0.2, 0.25) is 0 Å². The van der Waals surface area contributed by atoms with Crippen LogP contribution in [0.5, 0.6) is 5.75 Å². The zero-order valence-corrected chi connectivity index (χ0v) is 17.9. The molecule has 2 N–H and O–H groups in total. The number of hydrogen-bond acceptors (Lipinski definition) is 5. The summed E-state index contributed by atoms with van der Waals surface area (Å²) in [6.45, 7) is 5.56. The summed E-state index contributed by atoms with van der Waals surface area (Å²) >= 11 is 0. The molecule has 3 aliphatic heterocycles. The van der Waals surface area contributed by atoms with E-state index in [2.05, 4.69) is 43.0 Å². The van der Waals surface area contributed by atoms with Gasteiger partial charge in [-0.05, 0) is 48.8 Å². The summed E-state index contributed by atoms with van der Waals surface area (Å²) in [5.41, 5.74) is 9.29. The largest absolute Gasteiger partial charge is 0.489 e. The number of nitrogens with zero attached hydrogens (tertiary/aromatic N) is 1. The fraction of sp³-hybridized carbons (Fsp3) is 0.346. The molecule has 1 aliphatic carbocycles. The highest BCUT2D eigenvalue weighted by atomic mass is 16.5. The van der Waals surface area contributed by atoms with Gasteiger partial charge in [0.1, 0.15) is 24.0 Å². The standard InChI is InChI=1S/C26H26N2O3/c1-3-8-18-9-6-5-7-10-19(13-18)20-11-12-22-21(14-20)26(17-30-24(27)28-26)25(15-29-16-25)23(4-2)31-22/h5-7,9-14,23H,4,15-17H2,1-2H3,(H2,27,28)/b6-5?,7-5+,9-6?,10-7?,18-9?,18-13?,19-10+,19-13?. The first kappa shape index (κ1) is 19.7. The van der Waals surface area contributed by atoms with Gasteiger partial charge in [-0.25, -0.2) is 4.99 Å². The zero-order valence-electron chi connectivity index (χ0n) is 17.9. The molecule has 5 rings (SSSR count). The van der Waals surface area contributed by atoms with Crippen LogP contribution in [0.3, 0.4) is 0 Å². The van der Waals surface area contributed by atoms with Gasteiger partial charge in [0.2, 0.25) is 0 Å². The first-order valence-corrected chi connectivity index (χ1v) is 10.7. The van der Waals surface area contributed by atoms with E-state index in [1.165, 1.54) is 0 Å². The molecule has 2 atom stereocenters. The molecule has 1 fully saturated rings. The van der Waals surface area contributed by atoms with E-state index in [1.54, 1.807) is 0 Å². The minimum Gasteiger partial charge on any atom is -0.489 e. The van der Waals surface area contributed by atoms with Gasteiger partial charge in [-0.15, -0.1) is 5.92 Å². The summed E-state index contributed by atoms with van der Waals surface area (Å²) in [4.78, 5) is 4.89. The maximum atomic E-state index is 6.48. The molecule has 158 valence electrons. The zero-order chi connectivity index (χ0) is 21.5. The molecule has 5 heteroatoms. The smallest absolute Gasteiger partial charge is 0.283 e. The first-order chi connectivity index (χ1) is 15.1. The summed E-state index contributed by atoms with van der Waals surface area (Å²) < 4.78 is 17.9. The number of allylic oxidation sites excluding steroid dienone is 8. The fourth-order valence-corrected chi connectivity index (χ4v) is 5.03. The molecule has 0 bridgehead atoms. The molecule has 4 aliphatic rings. The van der Waals surface area contributed by atoms with E-state index < -0.39 is 5.54 Å². The monoisotopic (exact) mass is 414 g/mol. The summed E-state index contributed by atoms with van der Waals surface area (Å²) in [5.74, 6) is 6.99. The third kappa shape index (κ3) is 2.94. The van der Waals surface area contributed by atoms with E-state index in [0.29, 0.717) is 19.8 Å². The summed E-state index contributed by atoms with van der Waals surface area (Å²) in [6.07, 6.45) is 13.1. The Morgan fingerprint density at radius 3 is 2.74 bits per heavy atom.